The highest BCUT2D eigenvalue weighted by molar-refractivity contribution is 9.10. The Balaban J connectivity index is 2.14. The Morgan fingerprint density at radius 1 is 1.60 bits per heavy atom. The van der Waals surface area contributed by atoms with Crippen LogP contribution in [0.25, 0.3) is 0 Å². The first kappa shape index (κ1) is 11.0. The molecule has 1 N–H and O–H groups in total. The first-order valence-electron chi connectivity index (χ1n) is 4.84. The zero-order chi connectivity index (χ0) is 11.0. The number of carbonyl (C=O) groups excluding carboxylic acids is 1. The molecular formula is C11H11BrClNO. The molecule has 0 radical (unpaired) electrons. The second kappa shape index (κ2) is 4.14. The molecular weight excluding hydrogens is 277 g/mol. The van der Waals surface area contributed by atoms with Gasteiger partial charge in [0.1, 0.15) is 0 Å². The third kappa shape index (κ3) is 2.52. The van der Waals surface area contributed by atoms with E-state index in [4.69, 9.17) is 11.6 Å². The predicted octanol–water partition coefficient (Wildman–Crippen LogP) is 3.24. The normalized spacial score (nSPS) is 23.7. The van der Waals surface area contributed by atoms with Crippen molar-refractivity contribution < 1.29 is 4.79 Å². The maximum Gasteiger partial charge on any atom is 0.253 e. The van der Waals surface area contributed by atoms with Crippen LogP contribution in [-0.2, 0) is 0 Å². The highest BCUT2D eigenvalue weighted by atomic mass is 79.9. The van der Waals surface area contributed by atoms with Crippen LogP contribution in [0.3, 0.4) is 0 Å². The SMILES string of the molecule is CC1CC1NC(=O)c1cc(Br)ccc1Cl. The van der Waals surface area contributed by atoms with Crippen LogP contribution in [0.5, 0.6) is 0 Å². The minimum Gasteiger partial charge on any atom is -0.349 e. The Morgan fingerprint density at radius 3 is 2.87 bits per heavy atom. The van der Waals surface area contributed by atoms with Gasteiger partial charge in [0.05, 0.1) is 10.6 Å². The van der Waals surface area contributed by atoms with Crippen LogP contribution in [0.4, 0.5) is 0 Å². The molecule has 1 saturated carbocycles. The number of amides is 1. The van der Waals surface area contributed by atoms with Crippen LogP contribution < -0.4 is 5.32 Å². The molecule has 2 nitrogen and oxygen atoms in total. The fraction of sp³-hybridized carbons (Fsp3) is 0.364. The van der Waals surface area contributed by atoms with Crippen LogP contribution in [0.1, 0.15) is 23.7 Å². The lowest BCUT2D eigenvalue weighted by Gasteiger charge is -2.06. The summed E-state index contributed by atoms with van der Waals surface area (Å²) in [7, 11) is 0. The number of halogens is 2. The maximum atomic E-state index is 11.8. The lowest BCUT2D eigenvalue weighted by atomic mass is 10.2. The van der Waals surface area contributed by atoms with Gasteiger partial charge in [-0.25, -0.2) is 0 Å². The topological polar surface area (TPSA) is 29.1 Å². The number of hydrogen-bond acceptors (Lipinski definition) is 1. The Kier molecular flexibility index (Phi) is 3.03. The van der Waals surface area contributed by atoms with E-state index in [9.17, 15) is 4.79 Å². The molecule has 1 aromatic rings. The van der Waals surface area contributed by atoms with Crippen molar-refractivity contribution in [2.45, 2.75) is 19.4 Å². The van der Waals surface area contributed by atoms with Crippen molar-refractivity contribution in [1.29, 1.82) is 0 Å². The maximum absolute atomic E-state index is 11.8. The van der Waals surface area contributed by atoms with Gasteiger partial charge in [0.15, 0.2) is 0 Å². The second-order valence-corrected chi connectivity index (χ2v) is 5.24. The van der Waals surface area contributed by atoms with Gasteiger partial charge in [0, 0.05) is 10.5 Å². The van der Waals surface area contributed by atoms with E-state index in [1.807, 2.05) is 6.07 Å². The molecule has 0 saturated heterocycles. The molecule has 0 aliphatic heterocycles. The summed E-state index contributed by atoms with van der Waals surface area (Å²) >= 11 is 9.27. The van der Waals surface area contributed by atoms with Crippen LogP contribution in [0.15, 0.2) is 22.7 Å². The summed E-state index contributed by atoms with van der Waals surface area (Å²) in [6.45, 7) is 2.12. The molecule has 2 unspecified atom stereocenters. The van der Waals surface area contributed by atoms with Crippen molar-refractivity contribution >= 4 is 33.4 Å². The highest BCUT2D eigenvalue weighted by Crippen LogP contribution is 2.30. The van der Waals surface area contributed by atoms with Crippen molar-refractivity contribution in [3.05, 3.63) is 33.3 Å². The molecule has 1 aromatic carbocycles. The smallest absolute Gasteiger partial charge is 0.253 e. The summed E-state index contributed by atoms with van der Waals surface area (Å²) < 4.78 is 0.862. The molecule has 2 atom stereocenters. The molecule has 0 heterocycles. The average Bonchev–Trinajstić information content (AvgIpc) is 2.86. The monoisotopic (exact) mass is 287 g/mol. The van der Waals surface area contributed by atoms with Gasteiger partial charge in [-0.3, -0.25) is 4.79 Å². The Morgan fingerprint density at radius 2 is 2.27 bits per heavy atom. The largest absolute Gasteiger partial charge is 0.349 e. The average molecular weight is 289 g/mol. The molecule has 80 valence electrons. The molecule has 1 aliphatic rings. The van der Waals surface area contributed by atoms with Crippen LogP contribution >= 0.6 is 27.5 Å². The lowest BCUT2D eigenvalue weighted by Crippen LogP contribution is -2.26. The summed E-state index contributed by atoms with van der Waals surface area (Å²) in [5.74, 6) is 0.510. The van der Waals surface area contributed by atoms with Crippen molar-refractivity contribution in [3.8, 4) is 0 Å². The molecule has 2 rings (SSSR count). The van der Waals surface area contributed by atoms with Crippen molar-refractivity contribution in [2.75, 3.05) is 0 Å². The summed E-state index contributed by atoms with van der Waals surface area (Å²) in [5, 5.41) is 3.43. The Hall–Kier alpha value is -0.540. The molecule has 0 spiro atoms. The van der Waals surface area contributed by atoms with E-state index < -0.39 is 0 Å². The fourth-order valence-corrected chi connectivity index (χ4v) is 2.01. The molecule has 4 heteroatoms. The summed E-state index contributed by atoms with van der Waals surface area (Å²) in [5.41, 5.74) is 0.533. The highest BCUT2D eigenvalue weighted by Gasteiger charge is 2.34. The minimum absolute atomic E-state index is 0.0874. The third-order valence-corrected chi connectivity index (χ3v) is 3.42. The van der Waals surface area contributed by atoms with E-state index in [0.29, 0.717) is 22.5 Å². The van der Waals surface area contributed by atoms with Crippen LogP contribution in [0.2, 0.25) is 5.02 Å². The summed E-state index contributed by atoms with van der Waals surface area (Å²) in [6.07, 6.45) is 1.07. The van der Waals surface area contributed by atoms with Crippen molar-refractivity contribution in [2.24, 2.45) is 5.92 Å². The number of hydrogen-bond donors (Lipinski definition) is 1. The van der Waals surface area contributed by atoms with Gasteiger partial charge in [0.2, 0.25) is 0 Å². The van der Waals surface area contributed by atoms with Crippen LogP contribution in [0, 0.1) is 5.92 Å². The third-order valence-electron chi connectivity index (χ3n) is 2.60. The predicted molar refractivity (Wildman–Crippen MR) is 64.2 cm³/mol. The van der Waals surface area contributed by atoms with E-state index in [0.717, 1.165) is 10.9 Å². The Labute approximate surface area is 102 Å². The number of rotatable bonds is 2. The zero-order valence-corrected chi connectivity index (χ0v) is 10.6. The standard InChI is InChI=1S/C11H11BrClNO/c1-6-4-10(6)14-11(15)8-5-7(12)2-3-9(8)13/h2-3,5-6,10H,4H2,1H3,(H,14,15). The lowest BCUT2D eigenvalue weighted by molar-refractivity contribution is 0.0949. The minimum atomic E-state index is -0.0874. The van der Waals surface area contributed by atoms with E-state index in [-0.39, 0.29) is 5.91 Å². The number of benzene rings is 1. The summed E-state index contributed by atoms with van der Waals surface area (Å²) in [4.78, 5) is 11.8. The summed E-state index contributed by atoms with van der Waals surface area (Å²) in [6, 6.07) is 5.60. The van der Waals surface area contributed by atoms with Gasteiger partial charge in [-0.15, -0.1) is 0 Å². The van der Waals surface area contributed by atoms with E-state index in [1.165, 1.54) is 0 Å². The molecule has 0 aromatic heterocycles. The Bertz CT molecular complexity index is 408. The first-order chi connectivity index (χ1) is 7.08. The van der Waals surface area contributed by atoms with Crippen molar-refractivity contribution in [1.82, 2.24) is 5.32 Å². The van der Waals surface area contributed by atoms with Gasteiger partial charge in [-0.05, 0) is 30.5 Å². The van der Waals surface area contributed by atoms with E-state index >= 15 is 0 Å². The van der Waals surface area contributed by atoms with E-state index in [1.54, 1.807) is 12.1 Å². The molecule has 1 amide bonds. The van der Waals surface area contributed by atoms with Gasteiger partial charge < -0.3 is 5.32 Å². The van der Waals surface area contributed by atoms with Crippen molar-refractivity contribution in [3.63, 3.8) is 0 Å². The van der Waals surface area contributed by atoms with Crippen LogP contribution in [-0.4, -0.2) is 11.9 Å². The second-order valence-electron chi connectivity index (χ2n) is 3.92. The molecule has 15 heavy (non-hydrogen) atoms. The van der Waals surface area contributed by atoms with Gasteiger partial charge >= 0.3 is 0 Å². The number of nitrogens with one attached hydrogen (secondary N) is 1. The van der Waals surface area contributed by atoms with Gasteiger partial charge in [-0.1, -0.05) is 34.5 Å². The number of carbonyl (C=O) groups is 1. The quantitative estimate of drug-likeness (QED) is 0.889. The molecule has 1 fully saturated rings. The van der Waals surface area contributed by atoms with Gasteiger partial charge in [0.25, 0.3) is 5.91 Å². The molecule has 0 bridgehead atoms. The van der Waals surface area contributed by atoms with Gasteiger partial charge in [-0.2, -0.15) is 0 Å². The zero-order valence-electron chi connectivity index (χ0n) is 8.26. The fourth-order valence-electron chi connectivity index (χ4n) is 1.44. The van der Waals surface area contributed by atoms with E-state index in [2.05, 4.69) is 28.2 Å². The molecule has 1 aliphatic carbocycles. The first-order valence-corrected chi connectivity index (χ1v) is 6.01.